The molecule has 2 aromatic carbocycles. The summed E-state index contributed by atoms with van der Waals surface area (Å²) in [6, 6.07) is 17.8. The Labute approximate surface area is 129 Å². The van der Waals surface area contributed by atoms with Crippen LogP contribution >= 0.6 is 0 Å². The Bertz CT molecular complexity index is 816. The van der Waals surface area contributed by atoms with Crippen molar-refractivity contribution < 1.29 is 9.53 Å². The third-order valence-corrected chi connectivity index (χ3v) is 3.42. The predicted molar refractivity (Wildman–Crippen MR) is 88.3 cm³/mol. The molecule has 0 spiro atoms. The topological polar surface area (TPSA) is 42.1 Å². The molecule has 3 nitrogen and oxygen atoms in total. The molecule has 0 fully saturated rings. The molecule has 22 heavy (non-hydrogen) atoms. The molecule has 3 heteroatoms. The van der Waals surface area contributed by atoms with Crippen LogP contribution in [0.3, 0.4) is 0 Å². The number of ether oxygens (including phenoxy) is 1. The number of aromatic amines is 1. The monoisotopic (exact) mass is 291 g/mol. The lowest BCUT2D eigenvalue weighted by Crippen LogP contribution is -2.00. The number of aryl methyl sites for hydroxylation is 1. The van der Waals surface area contributed by atoms with Crippen molar-refractivity contribution in [1.82, 2.24) is 4.98 Å². The second kappa shape index (κ2) is 6.31. The lowest BCUT2D eigenvalue weighted by Gasteiger charge is -2.01. The highest BCUT2D eigenvalue weighted by Crippen LogP contribution is 2.17. The Morgan fingerprint density at radius 2 is 1.95 bits per heavy atom. The molecule has 0 amide bonds. The zero-order valence-corrected chi connectivity index (χ0v) is 12.4. The molecule has 0 aliphatic carbocycles. The van der Waals surface area contributed by atoms with Crippen LogP contribution in [0.1, 0.15) is 16.8 Å². The molecule has 3 rings (SSSR count). The maximum atomic E-state index is 11.7. The molecule has 0 aliphatic rings. The van der Waals surface area contributed by atoms with Crippen LogP contribution in [0, 0.1) is 6.92 Å². The highest BCUT2D eigenvalue weighted by Gasteiger charge is 2.00. The lowest BCUT2D eigenvalue weighted by molar-refractivity contribution is -0.138. The van der Waals surface area contributed by atoms with Crippen molar-refractivity contribution in [3.05, 3.63) is 77.5 Å². The second-order valence-electron chi connectivity index (χ2n) is 5.23. The number of benzene rings is 2. The molecule has 0 unspecified atom stereocenters. The van der Waals surface area contributed by atoms with Gasteiger partial charge in [0, 0.05) is 17.3 Å². The summed E-state index contributed by atoms with van der Waals surface area (Å²) in [5, 5.41) is 1.17. The van der Waals surface area contributed by atoms with Crippen LogP contribution in [0.2, 0.25) is 0 Å². The Kier molecular flexibility index (Phi) is 4.05. The van der Waals surface area contributed by atoms with Crippen LogP contribution in [-0.2, 0) is 16.1 Å². The van der Waals surface area contributed by atoms with E-state index in [0.29, 0.717) is 6.61 Å². The van der Waals surface area contributed by atoms with Crippen molar-refractivity contribution in [2.45, 2.75) is 13.5 Å². The molecule has 1 N–H and O–H groups in total. The number of esters is 1. The van der Waals surface area contributed by atoms with E-state index >= 15 is 0 Å². The van der Waals surface area contributed by atoms with Gasteiger partial charge < -0.3 is 9.72 Å². The van der Waals surface area contributed by atoms with Gasteiger partial charge in [0.15, 0.2) is 0 Å². The molecule has 0 saturated heterocycles. The largest absolute Gasteiger partial charge is 0.458 e. The number of carbonyl (C=O) groups excluding carboxylic acids is 1. The molecule has 110 valence electrons. The molecular formula is C19H17NO2. The second-order valence-corrected chi connectivity index (χ2v) is 5.23. The zero-order valence-electron chi connectivity index (χ0n) is 12.4. The Morgan fingerprint density at radius 3 is 2.77 bits per heavy atom. The minimum absolute atomic E-state index is 0.291. The van der Waals surface area contributed by atoms with Crippen molar-refractivity contribution >= 4 is 22.9 Å². The quantitative estimate of drug-likeness (QED) is 0.577. The van der Waals surface area contributed by atoms with Gasteiger partial charge in [0.25, 0.3) is 0 Å². The van der Waals surface area contributed by atoms with E-state index in [0.717, 1.165) is 22.3 Å². The van der Waals surface area contributed by atoms with Crippen molar-refractivity contribution in [1.29, 1.82) is 0 Å². The normalized spacial score (nSPS) is 11.1. The number of rotatable bonds is 4. The summed E-state index contributed by atoms with van der Waals surface area (Å²) in [4.78, 5) is 15.0. The van der Waals surface area contributed by atoms with Crippen LogP contribution in [0.4, 0.5) is 0 Å². The van der Waals surface area contributed by atoms with Crippen LogP contribution in [0.15, 0.2) is 60.7 Å². The summed E-state index contributed by atoms with van der Waals surface area (Å²) in [6.45, 7) is 2.31. The number of hydrogen-bond donors (Lipinski definition) is 1. The van der Waals surface area contributed by atoms with E-state index in [1.54, 1.807) is 6.08 Å². The van der Waals surface area contributed by atoms with Gasteiger partial charge in [0.2, 0.25) is 0 Å². The van der Waals surface area contributed by atoms with Crippen LogP contribution in [0.5, 0.6) is 0 Å². The Morgan fingerprint density at radius 1 is 1.14 bits per heavy atom. The third-order valence-electron chi connectivity index (χ3n) is 3.42. The molecule has 0 atom stereocenters. The smallest absolute Gasteiger partial charge is 0.331 e. The summed E-state index contributed by atoms with van der Waals surface area (Å²) in [6.07, 6.45) is 3.23. The van der Waals surface area contributed by atoms with Crippen LogP contribution in [0.25, 0.3) is 17.0 Å². The fraction of sp³-hybridized carbons (Fsp3) is 0.105. The SMILES string of the molecule is Cc1cc2ccc(C=CC(=O)OCc3ccccc3)cc2[nH]1. The number of H-pyrrole nitrogens is 1. The number of carbonyl (C=O) groups is 1. The van der Waals surface area contributed by atoms with Crippen LogP contribution < -0.4 is 0 Å². The fourth-order valence-electron chi connectivity index (χ4n) is 2.33. The molecule has 0 bridgehead atoms. The molecule has 0 saturated carbocycles. The van der Waals surface area contributed by atoms with Gasteiger partial charge in [-0.1, -0.05) is 42.5 Å². The van der Waals surface area contributed by atoms with Gasteiger partial charge in [-0.05, 0) is 41.6 Å². The van der Waals surface area contributed by atoms with Crippen molar-refractivity contribution in [2.24, 2.45) is 0 Å². The van der Waals surface area contributed by atoms with Gasteiger partial charge in [-0.2, -0.15) is 0 Å². The summed E-state index contributed by atoms with van der Waals surface area (Å²) >= 11 is 0. The lowest BCUT2D eigenvalue weighted by atomic mass is 10.1. The molecule has 1 heterocycles. The average Bonchev–Trinajstić information content (AvgIpc) is 2.91. The summed E-state index contributed by atoms with van der Waals surface area (Å²) in [7, 11) is 0. The van der Waals surface area contributed by atoms with Gasteiger partial charge in [-0.3, -0.25) is 0 Å². The molecule has 0 radical (unpaired) electrons. The summed E-state index contributed by atoms with van der Waals surface area (Å²) in [5.41, 5.74) is 4.13. The highest BCUT2D eigenvalue weighted by molar-refractivity contribution is 5.89. The number of fused-ring (bicyclic) bond motifs is 1. The van der Waals surface area contributed by atoms with Crippen LogP contribution in [-0.4, -0.2) is 11.0 Å². The van der Waals surface area contributed by atoms with E-state index in [9.17, 15) is 4.79 Å². The van der Waals surface area contributed by atoms with E-state index in [2.05, 4.69) is 11.1 Å². The van der Waals surface area contributed by atoms with E-state index < -0.39 is 0 Å². The van der Waals surface area contributed by atoms with Gasteiger partial charge >= 0.3 is 5.97 Å². The third kappa shape index (κ3) is 3.44. The van der Waals surface area contributed by atoms with Crippen molar-refractivity contribution in [2.75, 3.05) is 0 Å². The summed E-state index contributed by atoms with van der Waals surface area (Å²) in [5.74, 6) is -0.341. The van der Waals surface area contributed by atoms with Gasteiger partial charge in [0.05, 0.1) is 0 Å². The van der Waals surface area contributed by atoms with Crippen molar-refractivity contribution in [3.63, 3.8) is 0 Å². The minimum Gasteiger partial charge on any atom is -0.458 e. The first-order valence-electron chi connectivity index (χ1n) is 7.19. The Hall–Kier alpha value is -2.81. The van der Waals surface area contributed by atoms with E-state index in [-0.39, 0.29) is 5.97 Å². The first-order valence-corrected chi connectivity index (χ1v) is 7.19. The minimum atomic E-state index is -0.341. The number of aromatic nitrogens is 1. The van der Waals surface area contributed by atoms with E-state index in [4.69, 9.17) is 4.74 Å². The van der Waals surface area contributed by atoms with Crippen molar-refractivity contribution in [3.8, 4) is 0 Å². The standard InChI is InChI=1S/C19H17NO2/c1-14-11-17-9-7-15(12-18(17)20-14)8-10-19(21)22-13-16-5-3-2-4-6-16/h2-12,20H,13H2,1H3. The van der Waals surface area contributed by atoms with E-state index in [1.165, 1.54) is 11.5 Å². The predicted octanol–water partition coefficient (Wildman–Crippen LogP) is 4.23. The number of hydrogen-bond acceptors (Lipinski definition) is 2. The van der Waals surface area contributed by atoms with Gasteiger partial charge in [-0.15, -0.1) is 0 Å². The molecule has 3 aromatic rings. The fourth-order valence-corrected chi connectivity index (χ4v) is 2.33. The van der Waals surface area contributed by atoms with E-state index in [1.807, 2.05) is 55.5 Å². The van der Waals surface area contributed by atoms with Gasteiger partial charge in [-0.25, -0.2) is 4.79 Å². The first-order chi connectivity index (χ1) is 10.7. The first kappa shape index (κ1) is 14.1. The molecule has 1 aromatic heterocycles. The average molecular weight is 291 g/mol. The molecular weight excluding hydrogens is 274 g/mol. The summed E-state index contributed by atoms with van der Waals surface area (Å²) < 4.78 is 5.21. The maximum Gasteiger partial charge on any atom is 0.331 e. The Balaban J connectivity index is 1.63. The number of nitrogens with one attached hydrogen (secondary N) is 1. The zero-order chi connectivity index (χ0) is 15.4. The maximum absolute atomic E-state index is 11.7. The highest BCUT2D eigenvalue weighted by atomic mass is 16.5. The molecule has 0 aliphatic heterocycles. The van der Waals surface area contributed by atoms with Gasteiger partial charge in [0.1, 0.15) is 6.61 Å².